The Balaban J connectivity index is 3.12. The third-order valence-electron chi connectivity index (χ3n) is 2.05. The Kier molecular flexibility index (Phi) is 9.18. The summed E-state index contributed by atoms with van der Waals surface area (Å²) in [6.45, 7) is 6.65. The lowest BCUT2D eigenvalue weighted by Crippen LogP contribution is -1.84. The molecule has 0 bridgehead atoms. The molecule has 0 heterocycles. The average molecular weight is 180 g/mol. The van der Waals surface area contributed by atoms with Crippen LogP contribution in [0, 0.1) is 5.92 Å². The van der Waals surface area contributed by atoms with Crippen molar-refractivity contribution in [2.75, 3.05) is 0 Å². The molecule has 0 spiro atoms. The highest BCUT2D eigenvalue weighted by Gasteiger charge is 1.90. The summed E-state index contributed by atoms with van der Waals surface area (Å²) in [4.78, 5) is 0. The van der Waals surface area contributed by atoms with Crippen molar-refractivity contribution in [3.05, 3.63) is 24.3 Å². The van der Waals surface area contributed by atoms with Gasteiger partial charge in [-0.25, -0.2) is 0 Å². The standard InChI is InChI=1S/C13H24/c1-4-5-6-7-8-9-10-11-12-13(2)3/h4-5,8-9,13H,6-7,10-12H2,1-3H3. The average Bonchev–Trinajstić information content (AvgIpc) is 2.09. The van der Waals surface area contributed by atoms with Crippen LogP contribution in [0.3, 0.4) is 0 Å². The van der Waals surface area contributed by atoms with Gasteiger partial charge in [0.2, 0.25) is 0 Å². The summed E-state index contributed by atoms with van der Waals surface area (Å²) < 4.78 is 0. The van der Waals surface area contributed by atoms with Gasteiger partial charge in [0.1, 0.15) is 0 Å². The molecule has 0 N–H and O–H groups in total. The van der Waals surface area contributed by atoms with Crippen LogP contribution < -0.4 is 0 Å². The second kappa shape index (κ2) is 9.57. The molecule has 0 saturated carbocycles. The summed E-state index contributed by atoms with van der Waals surface area (Å²) in [5, 5.41) is 0. The van der Waals surface area contributed by atoms with E-state index in [2.05, 4.69) is 45.1 Å². The Morgan fingerprint density at radius 3 is 2.15 bits per heavy atom. The molecule has 0 radical (unpaired) electrons. The SMILES string of the molecule is CC=CCCC=CCCCC(C)C. The quantitative estimate of drug-likeness (QED) is 0.392. The van der Waals surface area contributed by atoms with Gasteiger partial charge >= 0.3 is 0 Å². The summed E-state index contributed by atoms with van der Waals surface area (Å²) in [5.41, 5.74) is 0. The molecule has 0 unspecified atom stereocenters. The molecule has 76 valence electrons. The summed E-state index contributed by atoms with van der Waals surface area (Å²) in [5.74, 6) is 0.858. The second-order valence-electron chi connectivity index (χ2n) is 3.94. The van der Waals surface area contributed by atoms with Crippen molar-refractivity contribution in [2.24, 2.45) is 5.92 Å². The van der Waals surface area contributed by atoms with Crippen LogP contribution in [0.4, 0.5) is 0 Å². The van der Waals surface area contributed by atoms with Crippen molar-refractivity contribution in [1.29, 1.82) is 0 Å². The monoisotopic (exact) mass is 180 g/mol. The van der Waals surface area contributed by atoms with Crippen LogP contribution in [-0.4, -0.2) is 0 Å². The number of hydrogen-bond donors (Lipinski definition) is 0. The molecule has 0 aliphatic heterocycles. The van der Waals surface area contributed by atoms with Crippen molar-refractivity contribution >= 4 is 0 Å². The minimum absolute atomic E-state index is 0.858. The van der Waals surface area contributed by atoms with E-state index in [0.29, 0.717) is 0 Å². The van der Waals surface area contributed by atoms with Gasteiger partial charge in [-0.3, -0.25) is 0 Å². The van der Waals surface area contributed by atoms with E-state index < -0.39 is 0 Å². The Hall–Kier alpha value is -0.520. The molecule has 0 fully saturated rings. The van der Waals surface area contributed by atoms with Gasteiger partial charge in [0, 0.05) is 0 Å². The van der Waals surface area contributed by atoms with Crippen LogP contribution in [0.25, 0.3) is 0 Å². The molecule has 0 atom stereocenters. The first-order valence-electron chi connectivity index (χ1n) is 5.53. The molecule has 0 rings (SSSR count). The van der Waals surface area contributed by atoms with Crippen LogP contribution in [0.2, 0.25) is 0 Å². The number of rotatable bonds is 7. The van der Waals surface area contributed by atoms with Gasteiger partial charge in [-0.1, -0.05) is 44.6 Å². The van der Waals surface area contributed by atoms with Crippen molar-refractivity contribution in [3.63, 3.8) is 0 Å². The van der Waals surface area contributed by atoms with Gasteiger partial charge in [0.05, 0.1) is 0 Å². The lowest BCUT2D eigenvalue weighted by Gasteiger charge is -2.00. The summed E-state index contributed by atoms with van der Waals surface area (Å²) >= 11 is 0. The number of unbranched alkanes of at least 4 members (excludes halogenated alkanes) is 2. The summed E-state index contributed by atoms with van der Waals surface area (Å²) in [6.07, 6.45) is 15.3. The topological polar surface area (TPSA) is 0 Å². The molecule has 0 nitrogen and oxygen atoms in total. The van der Waals surface area contributed by atoms with Crippen LogP contribution in [0.1, 0.15) is 52.9 Å². The van der Waals surface area contributed by atoms with Gasteiger partial charge in [-0.2, -0.15) is 0 Å². The van der Waals surface area contributed by atoms with E-state index in [0.717, 1.165) is 5.92 Å². The molecular weight excluding hydrogens is 156 g/mol. The van der Waals surface area contributed by atoms with Crippen molar-refractivity contribution in [1.82, 2.24) is 0 Å². The highest BCUT2D eigenvalue weighted by Crippen LogP contribution is 2.06. The van der Waals surface area contributed by atoms with Gasteiger partial charge in [-0.15, -0.1) is 0 Å². The largest absolute Gasteiger partial charge is 0.0917 e. The zero-order valence-electron chi connectivity index (χ0n) is 9.42. The van der Waals surface area contributed by atoms with Gasteiger partial charge in [0.25, 0.3) is 0 Å². The maximum absolute atomic E-state index is 2.33. The van der Waals surface area contributed by atoms with E-state index in [4.69, 9.17) is 0 Å². The Bertz CT molecular complexity index is 140. The van der Waals surface area contributed by atoms with E-state index in [1.165, 1.54) is 32.1 Å². The maximum atomic E-state index is 2.33. The van der Waals surface area contributed by atoms with E-state index in [-0.39, 0.29) is 0 Å². The van der Waals surface area contributed by atoms with Crippen molar-refractivity contribution < 1.29 is 0 Å². The van der Waals surface area contributed by atoms with Crippen molar-refractivity contribution in [3.8, 4) is 0 Å². The molecule has 0 aromatic heterocycles. The minimum Gasteiger partial charge on any atom is -0.0917 e. The van der Waals surface area contributed by atoms with Gasteiger partial charge in [0.15, 0.2) is 0 Å². The van der Waals surface area contributed by atoms with Gasteiger partial charge in [-0.05, 0) is 38.5 Å². The zero-order chi connectivity index (χ0) is 9.94. The maximum Gasteiger partial charge on any atom is -0.0316 e. The highest BCUT2D eigenvalue weighted by atomic mass is 14.0. The first-order chi connectivity index (χ1) is 6.27. The van der Waals surface area contributed by atoms with Crippen molar-refractivity contribution in [2.45, 2.75) is 52.9 Å². The Morgan fingerprint density at radius 1 is 0.923 bits per heavy atom. The van der Waals surface area contributed by atoms with E-state index in [1.54, 1.807) is 0 Å². The molecule has 0 aliphatic carbocycles. The lowest BCUT2D eigenvalue weighted by atomic mass is 10.1. The molecule has 0 heteroatoms. The highest BCUT2D eigenvalue weighted by molar-refractivity contribution is 4.86. The Morgan fingerprint density at radius 2 is 1.54 bits per heavy atom. The first-order valence-corrected chi connectivity index (χ1v) is 5.53. The molecule has 13 heavy (non-hydrogen) atoms. The predicted molar refractivity (Wildman–Crippen MR) is 61.9 cm³/mol. The third kappa shape index (κ3) is 11.5. The lowest BCUT2D eigenvalue weighted by molar-refractivity contribution is 0.559. The van der Waals surface area contributed by atoms with Gasteiger partial charge < -0.3 is 0 Å². The van der Waals surface area contributed by atoms with E-state index >= 15 is 0 Å². The van der Waals surface area contributed by atoms with E-state index in [9.17, 15) is 0 Å². The summed E-state index contributed by atoms with van der Waals surface area (Å²) in [7, 11) is 0. The van der Waals surface area contributed by atoms with E-state index in [1.807, 2.05) is 0 Å². The fourth-order valence-corrected chi connectivity index (χ4v) is 1.24. The number of allylic oxidation sites excluding steroid dienone is 4. The fourth-order valence-electron chi connectivity index (χ4n) is 1.24. The fraction of sp³-hybridized carbons (Fsp3) is 0.692. The van der Waals surface area contributed by atoms with Crippen LogP contribution in [0.15, 0.2) is 24.3 Å². The zero-order valence-corrected chi connectivity index (χ0v) is 9.42. The van der Waals surface area contributed by atoms with Crippen LogP contribution in [-0.2, 0) is 0 Å². The predicted octanol–water partition coefficient (Wildman–Crippen LogP) is 4.73. The smallest absolute Gasteiger partial charge is 0.0316 e. The molecule has 0 aliphatic rings. The number of hydrogen-bond acceptors (Lipinski definition) is 0. The second-order valence-corrected chi connectivity index (χ2v) is 3.94. The molecule has 0 aromatic carbocycles. The van der Waals surface area contributed by atoms with Crippen LogP contribution in [0.5, 0.6) is 0 Å². The first kappa shape index (κ1) is 12.5. The molecule has 0 saturated heterocycles. The molecular formula is C13H24. The normalized spacial score (nSPS) is 12.3. The van der Waals surface area contributed by atoms with Crippen LogP contribution >= 0.6 is 0 Å². The third-order valence-corrected chi connectivity index (χ3v) is 2.05. The Labute approximate surface area is 83.7 Å². The molecule has 0 aromatic rings. The molecule has 0 amide bonds. The minimum atomic E-state index is 0.858. The summed E-state index contributed by atoms with van der Waals surface area (Å²) in [6, 6.07) is 0.